The molecule has 2 aromatic heterocycles. The predicted molar refractivity (Wildman–Crippen MR) is 104 cm³/mol. The molecule has 7 N–H and O–H groups in total. The van der Waals surface area contributed by atoms with Crippen LogP contribution in [0.15, 0.2) is 34.8 Å². The number of nitriles is 1. The summed E-state index contributed by atoms with van der Waals surface area (Å²) in [4.78, 5) is 21.8. The molecule has 1 saturated heterocycles. The maximum atomic E-state index is 8.64. The molecule has 10 nitrogen and oxygen atoms in total. The number of H-pyrrole nitrogens is 1. The molecule has 140 valence electrons. The highest BCUT2D eigenvalue weighted by molar-refractivity contribution is 6.13. The minimum absolute atomic E-state index is 0.227. The second-order valence-electron chi connectivity index (χ2n) is 6.33. The third kappa shape index (κ3) is 3.73. The zero-order valence-corrected chi connectivity index (χ0v) is 14.8. The lowest BCUT2D eigenvalue weighted by Gasteiger charge is -2.38. The van der Waals surface area contributed by atoms with Gasteiger partial charge in [0.1, 0.15) is 12.0 Å². The highest BCUT2D eigenvalue weighted by Crippen LogP contribution is 2.27. The van der Waals surface area contributed by atoms with Crippen LogP contribution in [0, 0.1) is 11.5 Å². The van der Waals surface area contributed by atoms with E-state index >= 15 is 0 Å². The van der Waals surface area contributed by atoms with E-state index < -0.39 is 5.54 Å². The summed E-state index contributed by atoms with van der Waals surface area (Å²) in [5, 5.41) is 9.51. The van der Waals surface area contributed by atoms with Crippen LogP contribution in [-0.2, 0) is 0 Å². The van der Waals surface area contributed by atoms with E-state index in [1.54, 1.807) is 18.6 Å². The van der Waals surface area contributed by atoms with E-state index in [1.165, 1.54) is 12.5 Å². The molecule has 3 heterocycles. The summed E-state index contributed by atoms with van der Waals surface area (Å²) in [7, 11) is 0. The van der Waals surface area contributed by atoms with Gasteiger partial charge in [-0.3, -0.25) is 4.99 Å². The van der Waals surface area contributed by atoms with Gasteiger partial charge in [0.25, 0.3) is 0 Å². The van der Waals surface area contributed by atoms with Gasteiger partial charge in [-0.1, -0.05) is 0 Å². The first-order valence-electron chi connectivity index (χ1n) is 8.55. The molecular weight excluding hydrogens is 344 g/mol. The van der Waals surface area contributed by atoms with Gasteiger partial charge < -0.3 is 27.1 Å². The number of rotatable bonds is 4. The molecule has 0 saturated carbocycles. The lowest BCUT2D eigenvalue weighted by Crippen LogP contribution is -2.51. The molecule has 1 fully saturated rings. The molecule has 0 amide bonds. The van der Waals surface area contributed by atoms with Crippen molar-refractivity contribution in [2.75, 3.05) is 19.6 Å². The normalized spacial score (nSPS) is 18.1. The third-order valence-electron chi connectivity index (χ3n) is 4.85. The Morgan fingerprint density at radius 1 is 1.41 bits per heavy atom. The zero-order valence-electron chi connectivity index (χ0n) is 14.8. The van der Waals surface area contributed by atoms with Crippen LogP contribution in [0.5, 0.6) is 0 Å². The van der Waals surface area contributed by atoms with E-state index in [9.17, 15) is 0 Å². The first-order chi connectivity index (χ1) is 13.1. The fraction of sp³-hybridized carbons (Fsp3) is 0.353. The van der Waals surface area contributed by atoms with Gasteiger partial charge in [-0.25, -0.2) is 9.97 Å². The Morgan fingerprint density at radius 3 is 2.85 bits per heavy atom. The Morgan fingerprint density at radius 2 is 2.19 bits per heavy atom. The number of likely N-dealkylation sites (tertiary alicyclic amines) is 1. The van der Waals surface area contributed by atoms with Crippen LogP contribution in [0.2, 0.25) is 0 Å². The molecular formula is C17H22N10. The number of nitrogens with one attached hydrogen (secondary N) is 1. The van der Waals surface area contributed by atoms with Crippen molar-refractivity contribution in [3.63, 3.8) is 0 Å². The van der Waals surface area contributed by atoms with Crippen molar-refractivity contribution in [2.45, 2.75) is 18.4 Å². The average Bonchev–Trinajstić information content (AvgIpc) is 3.18. The largest absolute Gasteiger partial charge is 0.404 e. The lowest BCUT2D eigenvalue weighted by molar-refractivity contribution is 0.235. The lowest BCUT2D eigenvalue weighted by atomic mass is 9.88. The van der Waals surface area contributed by atoms with E-state index in [4.69, 9.17) is 27.5 Å². The Kier molecular flexibility index (Phi) is 5.33. The first kappa shape index (κ1) is 18.3. The van der Waals surface area contributed by atoms with Crippen LogP contribution < -0.4 is 17.2 Å². The molecule has 2 aromatic rings. The average molecular weight is 366 g/mol. The Balaban J connectivity index is 1.80. The van der Waals surface area contributed by atoms with Crippen molar-refractivity contribution < 1.29 is 0 Å². The molecule has 3 rings (SSSR count). The summed E-state index contributed by atoms with van der Waals surface area (Å²) in [6.45, 7) is 1.65. The van der Waals surface area contributed by atoms with Crippen LogP contribution in [-0.4, -0.2) is 57.2 Å². The minimum atomic E-state index is -0.415. The topological polar surface area (TPSA) is 171 Å². The fourth-order valence-electron chi connectivity index (χ4n) is 3.15. The summed E-state index contributed by atoms with van der Waals surface area (Å²) >= 11 is 0. The zero-order chi connectivity index (χ0) is 19.3. The minimum Gasteiger partial charge on any atom is -0.404 e. The molecule has 0 bridgehead atoms. The quantitative estimate of drug-likeness (QED) is 0.333. The number of aromatic amines is 1. The SMILES string of the molecule is N#CN=C(N)N1CCC(CN)(N=CC(=CN)c2ncnc3[nH]ccc23)CC1. The summed E-state index contributed by atoms with van der Waals surface area (Å²) in [5.41, 5.74) is 19.4. The van der Waals surface area contributed by atoms with Gasteiger partial charge in [0, 0.05) is 49.2 Å². The van der Waals surface area contributed by atoms with Gasteiger partial charge in [-0.15, -0.1) is 4.99 Å². The number of hydrogen-bond donors (Lipinski definition) is 4. The van der Waals surface area contributed by atoms with Gasteiger partial charge >= 0.3 is 0 Å². The number of nitrogens with zero attached hydrogens (tertiary/aromatic N) is 6. The Labute approximate surface area is 156 Å². The van der Waals surface area contributed by atoms with Crippen LogP contribution in [0.4, 0.5) is 0 Å². The smallest absolute Gasteiger partial charge is 0.209 e. The highest BCUT2D eigenvalue weighted by atomic mass is 15.3. The van der Waals surface area contributed by atoms with Crippen LogP contribution in [0.1, 0.15) is 18.5 Å². The second kappa shape index (κ2) is 7.84. The number of fused-ring (bicyclic) bond motifs is 1. The van der Waals surface area contributed by atoms with E-state index in [0.717, 1.165) is 11.0 Å². The molecule has 0 spiro atoms. The number of guanidine groups is 1. The van der Waals surface area contributed by atoms with Gasteiger partial charge in [0.05, 0.1) is 11.2 Å². The molecule has 0 radical (unpaired) electrons. The predicted octanol–water partition coefficient (Wildman–Crippen LogP) is -0.0826. The molecule has 1 aliphatic rings. The van der Waals surface area contributed by atoms with Crippen molar-refractivity contribution in [1.82, 2.24) is 19.9 Å². The first-order valence-corrected chi connectivity index (χ1v) is 8.55. The second-order valence-corrected chi connectivity index (χ2v) is 6.33. The number of aliphatic imine (C=N–C) groups is 2. The summed E-state index contributed by atoms with van der Waals surface area (Å²) in [5.74, 6) is 0.227. The number of piperidine rings is 1. The molecule has 0 atom stereocenters. The number of nitrogens with two attached hydrogens (primary N) is 3. The summed E-state index contributed by atoms with van der Waals surface area (Å²) in [6.07, 6.45) is 9.60. The summed E-state index contributed by atoms with van der Waals surface area (Å²) < 4.78 is 0. The maximum absolute atomic E-state index is 8.64. The fourth-order valence-corrected chi connectivity index (χ4v) is 3.15. The van der Waals surface area contributed by atoms with Crippen LogP contribution >= 0.6 is 0 Å². The molecule has 27 heavy (non-hydrogen) atoms. The van der Waals surface area contributed by atoms with Gasteiger partial charge in [-0.05, 0) is 18.9 Å². The molecule has 0 aliphatic carbocycles. The summed E-state index contributed by atoms with van der Waals surface area (Å²) in [6, 6.07) is 1.90. The molecule has 1 aliphatic heterocycles. The number of aromatic nitrogens is 3. The standard InChI is InChI=1S/C17H22N10/c18-7-12(14-13-1-4-22-15(13)25-11-24-14)8-26-17(9-19)2-5-27(6-3-17)16(21)23-10-20/h1,4,7-8,11H,2-3,5-6,9,18-19H2,(H2,21,23)(H,22,24,25). The van der Waals surface area contributed by atoms with E-state index in [1.807, 2.05) is 11.0 Å². The van der Waals surface area contributed by atoms with Crippen molar-refractivity contribution >= 4 is 28.8 Å². The van der Waals surface area contributed by atoms with Gasteiger partial charge in [0.15, 0.2) is 0 Å². The maximum Gasteiger partial charge on any atom is 0.209 e. The van der Waals surface area contributed by atoms with Gasteiger partial charge in [-0.2, -0.15) is 5.26 Å². The van der Waals surface area contributed by atoms with Gasteiger partial charge in [0.2, 0.25) is 12.2 Å². The Bertz CT molecular complexity index is 925. The van der Waals surface area contributed by atoms with Crippen molar-refractivity contribution in [3.8, 4) is 6.19 Å². The van der Waals surface area contributed by atoms with E-state index in [-0.39, 0.29) is 5.96 Å². The number of allylic oxidation sites excluding steroid dienone is 1. The number of hydrogen-bond acceptors (Lipinski definition) is 7. The van der Waals surface area contributed by atoms with Crippen molar-refractivity contribution in [1.29, 1.82) is 5.26 Å². The van der Waals surface area contributed by atoms with E-state index in [0.29, 0.717) is 43.7 Å². The third-order valence-corrected chi connectivity index (χ3v) is 4.85. The molecule has 0 aromatic carbocycles. The highest BCUT2D eigenvalue weighted by Gasteiger charge is 2.33. The van der Waals surface area contributed by atoms with Crippen LogP contribution in [0.3, 0.4) is 0 Å². The van der Waals surface area contributed by atoms with Crippen molar-refractivity contribution in [2.24, 2.45) is 27.2 Å². The molecule has 0 unspecified atom stereocenters. The monoisotopic (exact) mass is 366 g/mol. The van der Waals surface area contributed by atoms with E-state index in [2.05, 4.69) is 19.9 Å². The Hall–Kier alpha value is -3.45. The van der Waals surface area contributed by atoms with Crippen molar-refractivity contribution in [3.05, 3.63) is 30.5 Å². The molecule has 10 heteroatoms. The van der Waals surface area contributed by atoms with Crippen LogP contribution in [0.25, 0.3) is 16.6 Å².